The largest absolute Gasteiger partial charge is 0.695 e. The van der Waals surface area contributed by atoms with Gasteiger partial charge >= 0.3 is 16.1 Å². The van der Waals surface area contributed by atoms with Crippen molar-refractivity contribution in [2.75, 3.05) is 39.4 Å². The molecule has 29 nitrogen and oxygen atoms in total. The van der Waals surface area contributed by atoms with E-state index in [-0.39, 0.29) is 52.6 Å². The van der Waals surface area contributed by atoms with E-state index in [2.05, 4.69) is 25.3 Å². The Bertz CT molecular complexity index is 4700. The minimum absolute atomic E-state index is 0.0233. The number of aryl methyl sites for hydroxylation is 2. The minimum atomic E-state index is -5.25. The van der Waals surface area contributed by atoms with Crippen LogP contribution in [0.2, 0.25) is 18.1 Å². The van der Waals surface area contributed by atoms with Crippen molar-refractivity contribution in [1.29, 1.82) is 5.26 Å². The van der Waals surface area contributed by atoms with Crippen LogP contribution in [0.3, 0.4) is 0 Å². The number of aromatic nitrogens is 9. The van der Waals surface area contributed by atoms with E-state index in [4.69, 9.17) is 51.2 Å². The molecule has 2 N–H and O–H groups in total. The molecular formula is C67H70FN12O17P2Si+. The highest BCUT2D eigenvalue weighted by atomic mass is 31.2. The molecule has 7 heterocycles. The van der Waals surface area contributed by atoms with Crippen LogP contribution in [0.15, 0.2) is 170 Å². The Morgan fingerprint density at radius 2 is 1.40 bits per heavy atom. The van der Waals surface area contributed by atoms with Crippen LogP contribution in [-0.4, -0.2) is 138 Å². The van der Waals surface area contributed by atoms with E-state index in [1.54, 1.807) is 97.9 Å². The number of nitrogens with one attached hydrogen (secondary N) is 1. The molecule has 0 bridgehead atoms. The highest BCUT2D eigenvalue weighted by Crippen LogP contribution is 2.56. The van der Waals surface area contributed by atoms with Crippen molar-refractivity contribution in [3.05, 3.63) is 213 Å². The summed E-state index contributed by atoms with van der Waals surface area (Å²) in [5, 5.41) is 23.5. The molecule has 10 atom stereocenters. The predicted octanol–water partition coefficient (Wildman–Crippen LogP) is 11.1. The number of imidazole rings is 3. The lowest BCUT2D eigenvalue weighted by Crippen LogP contribution is -2.49. The number of nitro benzene ring substituents is 1. The molecule has 5 aromatic heterocycles. The van der Waals surface area contributed by atoms with E-state index in [0.717, 1.165) is 11.9 Å². The monoisotopic (exact) mass is 1420 g/mol. The number of alkyl halides is 1. The first-order valence-electron chi connectivity index (χ1n) is 31.6. The molecule has 2 unspecified atom stereocenters. The van der Waals surface area contributed by atoms with E-state index in [9.17, 15) is 34.4 Å². The third kappa shape index (κ3) is 14.4. The van der Waals surface area contributed by atoms with E-state index in [0.29, 0.717) is 40.2 Å². The maximum atomic E-state index is 17.2. The molecule has 2 aliphatic heterocycles. The molecule has 33 heteroatoms. The first-order valence-corrected chi connectivity index (χ1v) is 37.1. The van der Waals surface area contributed by atoms with Crippen molar-refractivity contribution in [2.45, 2.75) is 113 Å². The first-order chi connectivity index (χ1) is 48.0. The SMILES string of the molecule is COc1ccc(C(OC[C@H]2O[C@@H](n3cnc4c(=O)n5ccn(CCc6ccc([N+](=O)[O-])cc6)c5nc43)[C@H](O[Si](C)(C)C(C)(C)C)[C@@H]2OP(=O)(OCCC#N)OC[C@H]2O[C@@H](n3cnc4c(NC(=O)c5ccccc5)ncnc43)[C@H](F)[C@@H]2O[P+](=O)O)(c2ccccc2)c2ccc(OC)cc2)cc1. The number of rotatable bonds is 28. The second kappa shape index (κ2) is 29.4. The Balaban J connectivity index is 0.958. The lowest BCUT2D eigenvalue weighted by Gasteiger charge is -2.41. The number of amides is 1. The Hall–Kier alpha value is -9.38. The van der Waals surface area contributed by atoms with Gasteiger partial charge in [-0.1, -0.05) is 106 Å². The lowest BCUT2D eigenvalue weighted by molar-refractivity contribution is -0.384. The van der Waals surface area contributed by atoms with Gasteiger partial charge in [-0.25, -0.2) is 33.3 Å². The van der Waals surface area contributed by atoms with Crippen LogP contribution < -0.4 is 20.3 Å². The molecule has 1 amide bonds. The summed E-state index contributed by atoms with van der Waals surface area (Å²) in [6.07, 6.45) is -6.38. The summed E-state index contributed by atoms with van der Waals surface area (Å²) in [5.74, 6) is 0.760. The van der Waals surface area contributed by atoms with Crippen LogP contribution in [0.4, 0.5) is 15.9 Å². The van der Waals surface area contributed by atoms with Gasteiger partial charge in [-0.3, -0.25) is 42.4 Å². The van der Waals surface area contributed by atoms with Crippen molar-refractivity contribution < 1.29 is 74.3 Å². The number of nitriles is 1. The Kier molecular flexibility index (Phi) is 20.7. The Labute approximate surface area is 573 Å². The summed E-state index contributed by atoms with van der Waals surface area (Å²) >= 11 is 0. The van der Waals surface area contributed by atoms with Gasteiger partial charge in [0.25, 0.3) is 17.2 Å². The summed E-state index contributed by atoms with van der Waals surface area (Å²) in [4.78, 5) is 71.7. The number of hydrogen-bond donors (Lipinski definition) is 2. The van der Waals surface area contributed by atoms with Gasteiger partial charge in [0.15, 0.2) is 61.2 Å². The van der Waals surface area contributed by atoms with Gasteiger partial charge in [0.1, 0.15) is 47.8 Å². The standard InChI is InChI=1S/C67H69FN12O17P2Si/c1-66(2,3)100(6,7)97-57-56(96-99(87,91-36-14-32-69)92-38-51-55(95-98(85)86)52(68)63(93-51)78-40-72-53-58(70-39-71-59(53)78)74-61(81)43-15-10-8-11-16-43)50(37-90-67(44-17-12-9-13-18-44,45-21-27-48(88-4)28-22-45)46-23-29-49(89-5)30-24-46)94-64(57)79-41-73-54-60(79)75-65-76(34-35-77(65)62(54)82)33-31-42-19-25-47(26-20-42)80(83)84/h8-13,15-30,34-35,39-41,50-52,55-57,63-64H,14,31,33,36-38H2,1-7H3,(H-,70,71,74,81,85,86)/p+1/t50-,51-,52-,55-,56-,57-,63-,64-,99?/m1/s1. The molecule has 2 aliphatic rings. The second-order valence-electron chi connectivity index (χ2n) is 25.0. The quantitative estimate of drug-likeness (QED) is 0.0115. The minimum Gasteiger partial charge on any atom is -0.497 e. The van der Waals surface area contributed by atoms with Gasteiger partial charge in [-0.2, -0.15) is 10.2 Å². The smallest absolute Gasteiger partial charge is 0.497 e. The van der Waals surface area contributed by atoms with Gasteiger partial charge in [-0.15, -0.1) is 9.42 Å². The third-order valence-corrected chi connectivity index (χ3v) is 24.3. The highest BCUT2D eigenvalue weighted by Gasteiger charge is 2.57. The maximum absolute atomic E-state index is 17.2. The highest BCUT2D eigenvalue weighted by molar-refractivity contribution is 7.48. The van der Waals surface area contributed by atoms with Gasteiger partial charge in [-0.05, 0) is 83.2 Å². The second-order valence-corrected chi connectivity index (χ2v) is 32.1. The van der Waals surface area contributed by atoms with Crippen LogP contribution >= 0.6 is 16.1 Å². The van der Waals surface area contributed by atoms with Crippen molar-refractivity contribution in [1.82, 2.24) is 43.0 Å². The number of nitrogens with zero attached hydrogens (tertiary/aromatic N) is 11. The molecule has 0 aliphatic carbocycles. The van der Waals surface area contributed by atoms with Crippen LogP contribution in [0.25, 0.3) is 28.1 Å². The molecule has 2 saturated heterocycles. The summed E-state index contributed by atoms with van der Waals surface area (Å²) < 4.78 is 116. The number of carbonyl (C=O) groups is 1. The van der Waals surface area contributed by atoms with Gasteiger partial charge < -0.3 is 38.0 Å². The maximum Gasteiger partial charge on any atom is 0.695 e. The number of phosphoric acid groups is 1. The number of fused-ring (bicyclic) bond motifs is 3. The Morgan fingerprint density at radius 3 is 2.02 bits per heavy atom. The van der Waals surface area contributed by atoms with Gasteiger partial charge in [0.05, 0.1) is 64.1 Å². The normalized spacial score (nSPS) is 20.3. The number of methoxy groups -OCH3 is 2. The number of hydrogen-bond acceptors (Lipinski definition) is 22. The van der Waals surface area contributed by atoms with Crippen molar-refractivity contribution in [3.63, 3.8) is 0 Å². The molecule has 520 valence electrons. The number of nitro groups is 1. The number of anilines is 1. The number of phosphoric ester groups is 1. The molecule has 0 radical (unpaired) electrons. The van der Waals surface area contributed by atoms with Crippen molar-refractivity contribution >= 4 is 69.9 Å². The van der Waals surface area contributed by atoms with Gasteiger partial charge in [0, 0.05) is 41.2 Å². The molecule has 100 heavy (non-hydrogen) atoms. The third-order valence-electron chi connectivity index (χ3n) is 18.0. The van der Waals surface area contributed by atoms with E-state index < -0.39 is 120 Å². The molecule has 10 aromatic rings. The zero-order valence-corrected chi connectivity index (χ0v) is 57.9. The number of non-ortho nitro benzene ring substituents is 1. The molecule has 2 fully saturated rings. The predicted molar refractivity (Wildman–Crippen MR) is 362 cm³/mol. The fourth-order valence-electron chi connectivity index (χ4n) is 11.8. The summed E-state index contributed by atoms with van der Waals surface area (Å²) in [6, 6.07) is 40.4. The van der Waals surface area contributed by atoms with Crippen molar-refractivity contribution in [3.8, 4) is 17.6 Å². The molecule has 0 spiro atoms. The van der Waals surface area contributed by atoms with Crippen LogP contribution in [0.1, 0.15) is 72.3 Å². The van der Waals surface area contributed by atoms with Crippen LogP contribution in [0, 0.1) is 21.4 Å². The number of halogens is 1. The molecule has 0 saturated carbocycles. The molecule has 12 rings (SSSR count). The topological polar surface area (TPSA) is 343 Å². The van der Waals surface area contributed by atoms with Crippen LogP contribution in [-0.2, 0) is 64.4 Å². The summed E-state index contributed by atoms with van der Waals surface area (Å²) in [6.45, 7) is 8.33. The zero-order valence-electron chi connectivity index (χ0n) is 55.1. The van der Waals surface area contributed by atoms with Crippen LogP contribution in [0.5, 0.6) is 11.5 Å². The summed E-state index contributed by atoms with van der Waals surface area (Å²) in [5.41, 5.74) is 0.860. The summed E-state index contributed by atoms with van der Waals surface area (Å²) in [7, 11) is -8.82. The number of ether oxygens (including phenoxy) is 5. The Morgan fingerprint density at radius 1 is 0.790 bits per heavy atom. The zero-order chi connectivity index (χ0) is 70.7. The van der Waals surface area contributed by atoms with E-state index in [1.807, 2.05) is 94.5 Å². The van der Waals surface area contributed by atoms with Crippen molar-refractivity contribution in [2.24, 2.45) is 0 Å². The molecule has 5 aromatic carbocycles. The molecular weight excluding hydrogens is 1350 g/mol. The first kappa shape index (κ1) is 70.5. The van der Waals surface area contributed by atoms with E-state index >= 15 is 8.96 Å². The number of benzene rings is 5. The fraction of sp³-hybridized carbons (Fsp3) is 0.343. The van der Waals surface area contributed by atoms with E-state index in [1.165, 1.54) is 38.3 Å². The fourth-order valence-corrected chi connectivity index (χ4v) is 15.0. The lowest BCUT2D eigenvalue weighted by atomic mass is 9.80. The average Bonchev–Trinajstić information content (AvgIpc) is 1.55. The number of carbonyl (C=O) groups excluding carboxylic acids is 1. The van der Waals surface area contributed by atoms with Gasteiger partial charge in [0.2, 0.25) is 5.78 Å². The average molecular weight is 1420 g/mol.